The van der Waals surface area contributed by atoms with Crippen LogP contribution in [0.5, 0.6) is 5.88 Å². The summed E-state index contributed by atoms with van der Waals surface area (Å²) >= 11 is 0. The Balaban J connectivity index is 1.51. The number of nitrogens with zero attached hydrogens (tertiary/aromatic N) is 5. The van der Waals surface area contributed by atoms with Gasteiger partial charge in [0.1, 0.15) is 0 Å². The van der Waals surface area contributed by atoms with Crippen LogP contribution >= 0.6 is 0 Å². The molecule has 0 aromatic carbocycles. The quantitative estimate of drug-likeness (QED) is 0.844. The molecule has 0 aliphatic carbocycles. The number of hydrogen-bond donors (Lipinski definition) is 0. The van der Waals surface area contributed by atoms with E-state index in [9.17, 15) is 4.79 Å². The molecule has 3 heterocycles. The molecule has 2 aromatic heterocycles. The van der Waals surface area contributed by atoms with Crippen molar-refractivity contribution in [1.29, 1.82) is 0 Å². The van der Waals surface area contributed by atoms with Crippen molar-refractivity contribution in [2.45, 2.75) is 13.3 Å². The maximum atomic E-state index is 12.3. The molecule has 2 aromatic rings. The van der Waals surface area contributed by atoms with Gasteiger partial charge in [0.15, 0.2) is 0 Å². The van der Waals surface area contributed by atoms with Crippen LogP contribution in [-0.4, -0.2) is 50.5 Å². The molecule has 0 saturated carbocycles. The summed E-state index contributed by atoms with van der Waals surface area (Å²) in [6.07, 6.45) is 4.29. The summed E-state index contributed by atoms with van der Waals surface area (Å²) < 4.78 is 7.29. The smallest absolute Gasteiger partial charge is 0.257 e. The lowest BCUT2D eigenvalue weighted by Gasteiger charge is -2.15. The van der Waals surface area contributed by atoms with Gasteiger partial charge in [0.25, 0.3) is 5.91 Å². The number of likely N-dealkylation sites (tertiary alicyclic amines) is 1. The van der Waals surface area contributed by atoms with E-state index in [4.69, 9.17) is 4.74 Å². The fourth-order valence-corrected chi connectivity index (χ4v) is 2.53. The van der Waals surface area contributed by atoms with Crippen LogP contribution in [0.4, 0.5) is 0 Å². The van der Waals surface area contributed by atoms with Crippen molar-refractivity contribution in [3.05, 3.63) is 35.8 Å². The topological polar surface area (TPSA) is 73.1 Å². The van der Waals surface area contributed by atoms with Crippen LogP contribution in [0.1, 0.15) is 22.5 Å². The molecule has 1 atom stereocenters. The van der Waals surface area contributed by atoms with Gasteiger partial charge in [-0.2, -0.15) is 10.2 Å². The molecule has 7 heteroatoms. The average molecular weight is 301 g/mol. The summed E-state index contributed by atoms with van der Waals surface area (Å²) in [4.78, 5) is 14.2. The highest BCUT2D eigenvalue weighted by Gasteiger charge is 2.28. The van der Waals surface area contributed by atoms with E-state index in [0.717, 1.165) is 18.7 Å². The molecule has 1 saturated heterocycles. The van der Waals surface area contributed by atoms with E-state index in [0.29, 0.717) is 30.5 Å². The Morgan fingerprint density at radius 1 is 1.41 bits per heavy atom. The van der Waals surface area contributed by atoms with Crippen LogP contribution in [0.15, 0.2) is 24.5 Å². The molecular formula is C15H19N5O2. The minimum Gasteiger partial charge on any atom is -0.476 e. The lowest BCUT2D eigenvalue weighted by molar-refractivity contribution is 0.0782. The Labute approximate surface area is 128 Å². The van der Waals surface area contributed by atoms with Crippen molar-refractivity contribution in [1.82, 2.24) is 24.9 Å². The van der Waals surface area contributed by atoms with Crippen LogP contribution < -0.4 is 4.74 Å². The third kappa shape index (κ3) is 3.24. The number of aromatic nitrogens is 4. The van der Waals surface area contributed by atoms with Gasteiger partial charge in [-0.05, 0) is 19.4 Å². The summed E-state index contributed by atoms with van der Waals surface area (Å²) in [6.45, 7) is 3.89. The normalized spacial score (nSPS) is 17.7. The largest absolute Gasteiger partial charge is 0.476 e. The predicted octanol–water partition coefficient (Wildman–Crippen LogP) is 1.06. The summed E-state index contributed by atoms with van der Waals surface area (Å²) in [6, 6.07) is 3.69. The molecule has 1 fully saturated rings. The van der Waals surface area contributed by atoms with E-state index in [2.05, 4.69) is 15.3 Å². The summed E-state index contributed by atoms with van der Waals surface area (Å²) in [7, 11) is 1.81. The molecule has 22 heavy (non-hydrogen) atoms. The van der Waals surface area contributed by atoms with Crippen LogP contribution in [0.25, 0.3) is 0 Å². The fraction of sp³-hybridized carbons (Fsp3) is 0.467. The van der Waals surface area contributed by atoms with E-state index < -0.39 is 0 Å². The maximum absolute atomic E-state index is 12.3. The number of ether oxygens (including phenoxy) is 1. The maximum Gasteiger partial charge on any atom is 0.257 e. The minimum atomic E-state index is 0.0331. The van der Waals surface area contributed by atoms with Crippen LogP contribution in [0, 0.1) is 12.8 Å². The monoisotopic (exact) mass is 301 g/mol. The Kier molecular flexibility index (Phi) is 4.04. The van der Waals surface area contributed by atoms with Gasteiger partial charge in [-0.3, -0.25) is 9.48 Å². The molecule has 1 unspecified atom stereocenters. The third-order valence-corrected chi connectivity index (χ3v) is 3.77. The summed E-state index contributed by atoms with van der Waals surface area (Å²) in [5, 5.41) is 12.0. The molecule has 3 rings (SSSR count). The van der Waals surface area contributed by atoms with Crippen LogP contribution in [0.2, 0.25) is 0 Å². The van der Waals surface area contributed by atoms with Gasteiger partial charge in [0, 0.05) is 38.3 Å². The van der Waals surface area contributed by atoms with Crippen LogP contribution in [-0.2, 0) is 7.05 Å². The van der Waals surface area contributed by atoms with Gasteiger partial charge < -0.3 is 9.64 Å². The molecule has 1 amide bonds. The van der Waals surface area contributed by atoms with E-state index in [1.165, 1.54) is 0 Å². The van der Waals surface area contributed by atoms with E-state index in [1.54, 1.807) is 24.1 Å². The number of rotatable bonds is 4. The zero-order valence-corrected chi connectivity index (χ0v) is 12.8. The molecule has 0 spiro atoms. The second-order valence-corrected chi connectivity index (χ2v) is 5.63. The average Bonchev–Trinajstić information content (AvgIpc) is 3.15. The standard InChI is InChI=1S/C15H19N5O2/c1-11-3-4-14(18-17-11)22-10-12-5-6-20(8-12)15(21)13-7-16-19(2)9-13/h3-4,7,9,12H,5-6,8,10H2,1-2H3. The Hall–Kier alpha value is -2.44. The molecule has 7 nitrogen and oxygen atoms in total. The fourth-order valence-electron chi connectivity index (χ4n) is 2.53. The summed E-state index contributed by atoms with van der Waals surface area (Å²) in [5.41, 5.74) is 1.50. The third-order valence-electron chi connectivity index (χ3n) is 3.77. The van der Waals surface area contributed by atoms with E-state index in [-0.39, 0.29) is 5.91 Å². The van der Waals surface area contributed by atoms with Gasteiger partial charge in [-0.1, -0.05) is 0 Å². The van der Waals surface area contributed by atoms with E-state index >= 15 is 0 Å². The SMILES string of the molecule is Cc1ccc(OCC2CCN(C(=O)c3cnn(C)c3)C2)nn1. The second kappa shape index (κ2) is 6.13. The van der Waals surface area contributed by atoms with Gasteiger partial charge in [0.2, 0.25) is 5.88 Å². The molecule has 0 N–H and O–H groups in total. The highest BCUT2D eigenvalue weighted by Crippen LogP contribution is 2.19. The first kappa shape index (κ1) is 14.5. The first-order chi connectivity index (χ1) is 10.6. The highest BCUT2D eigenvalue weighted by molar-refractivity contribution is 5.93. The lowest BCUT2D eigenvalue weighted by atomic mass is 10.1. The Morgan fingerprint density at radius 2 is 2.27 bits per heavy atom. The number of carbonyl (C=O) groups is 1. The molecular weight excluding hydrogens is 282 g/mol. The van der Waals surface area contributed by atoms with Crippen molar-refractivity contribution in [3.8, 4) is 5.88 Å². The first-order valence-electron chi connectivity index (χ1n) is 7.33. The van der Waals surface area contributed by atoms with Gasteiger partial charge in [-0.25, -0.2) is 0 Å². The molecule has 0 radical (unpaired) electrons. The van der Waals surface area contributed by atoms with Crippen molar-refractivity contribution in [2.24, 2.45) is 13.0 Å². The van der Waals surface area contributed by atoms with E-state index in [1.807, 2.05) is 24.0 Å². The first-order valence-corrected chi connectivity index (χ1v) is 7.33. The van der Waals surface area contributed by atoms with Gasteiger partial charge in [-0.15, -0.1) is 5.10 Å². The molecule has 116 valence electrons. The predicted molar refractivity (Wildman–Crippen MR) is 79.5 cm³/mol. The molecule has 1 aliphatic heterocycles. The van der Waals surface area contributed by atoms with Gasteiger partial charge in [0.05, 0.1) is 24.1 Å². The van der Waals surface area contributed by atoms with Crippen molar-refractivity contribution in [2.75, 3.05) is 19.7 Å². The lowest BCUT2D eigenvalue weighted by Crippen LogP contribution is -2.29. The second-order valence-electron chi connectivity index (χ2n) is 5.63. The number of carbonyl (C=O) groups excluding carboxylic acids is 1. The number of amides is 1. The minimum absolute atomic E-state index is 0.0331. The Morgan fingerprint density at radius 3 is 2.95 bits per heavy atom. The highest BCUT2D eigenvalue weighted by atomic mass is 16.5. The number of aryl methyl sites for hydroxylation is 2. The Bertz CT molecular complexity index is 652. The summed E-state index contributed by atoms with van der Waals surface area (Å²) in [5.74, 6) is 0.886. The van der Waals surface area contributed by atoms with Gasteiger partial charge >= 0.3 is 0 Å². The number of hydrogen-bond acceptors (Lipinski definition) is 5. The van der Waals surface area contributed by atoms with Crippen LogP contribution in [0.3, 0.4) is 0 Å². The van der Waals surface area contributed by atoms with Crippen molar-refractivity contribution in [3.63, 3.8) is 0 Å². The van der Waals surface area contributed by atoms with Crippen molar-refractivity contribution >= 4 is 5.91 Å². The zero-order chi connectivity index (χ0) is 15.5. The zero-order valence-electron chi connectivity index (χ0n) is 12.8. The molecule has 0 bridgehead atoms. The van der Waals surface area contributed by atoms with Crippen molar-refractivity contribution < 1.29 is 9.53 Å². The molecule has 1 aliphatic rings.